The van der Waals surface area contributed by atoms with Gasteiger partial charge in [-0.3, -0.25) is 9.59 Å². The standard InChI is InChI=1S/C11H21NO4/c1-8(2)10(12)11(15)16-7-5-3-4-6-9(13)14/h8,10H,3-7,12H2,1-2H3,(H,13,14)/t10-/m1/s1. The molecule has 1 atom stereocenters. The summed E-state index contributed by atoms with van der Waals surface area (Å²) in [6.07, 6.45) is 2.21. The molecule has 0 aliphatic carbocycles. The summed E-state index contributed by atoms with van der Waals surface area (Å²) in [6.45, 7) is 4.04. The number of aliphatic carboxylic acids is 1. The highest BCUT2D eigenvalue weighted by atomic mass is 16.5. The maximum absolute atomic E-state index is 11.3. The highest BCUT2D eigenvalue weighted by molar-refractivity contribution is 5.75. The molecule has 5 nitrogen and oxygen atoms in total. The molecule has 0 fully saturated rings. The summed E-state index contributed by atoms with van der Waals surface area (Å²) < 4.78 is 4.96. The van der Waals surface area contributed by atoms with Gasteiger partial charge in [0.15, 0.2) is 0 Å². The summed E-state index contributed by atoms with van der Waals surface area (Å²) in [5.74, 6) is -1.11. The predicted molar refractivity (Wildman–Crippen MR) is 59.9 cm³/mol. The van der Waals surface area contributed by atoms with Crippen LogP contribution >= 0.6 is 0 Å². The molecule has 5 heteroatoms. The molecule has 0 aromatic heterocycles. The first-order chi connectivity index (χ1) is 7.45. The Labute approximate surface area is 96.0 Å². The van der Waals surface area contributed by atoms with Crippen molar-refractivity contribution in [1.82, 2.24) is 0 Å². The third kappa shape index (κ3) is 7.23. The van der Waals surface area contributed by atoms with Crippen LogP contribution in [-0.2, 0) is 14.3 Å². The van der Waals surface area contributed by atoms with Gasteiger partial charge in [-0.05, 0) is 25.2 Å². The van der Waals surface area contributed by atoms with Crippen molar-refractivity contribution in [3.63, 3.8) is 0 Å². The Hall–Kier alpha value is -1.10. The summed E-state index contributed by atoms with van der Waals surface area (Å²) in [6, 6.07) is -0.570. The van der Waals surface area contributed by atoms with Gasteiger partial charge in [-0.15, -0.1) is 0 Å². The molecule has 0 saturated heterocycles. The molecule has 0 heterocycles. The van der Waals surface area contributed by atoms with Gasteiger partial charge in [0.05, 0.1) is 6.61 Å². The van der Waals surface area contributed by atoms with Crippen molar-refractivity contribution in [2.45, 2.75) is 45.6 Å². The maximum atomic E-state index is 11.3. The Morgan fingerprint density at radius 2 is 1.88 bits per heavy atom. The number of carbonyl (C=O) groups excluding carboxylic acids is 1. The molecule has 0 saturated carbocycles. The molecule has 0 bridgehead atoms. The average Bonchev–Trinajstić information content (AvgIpc) is 2.21. The van der Waals surface area contributed by atoms with Crippen LogP contribution in [-0.4, -0.2) is 29.7 Å². The van der Waals surface area contributed by atoms with Crippen molar-refractivity contribution >= 4 is 11.9 Å². The number of unbranched alkanes of at least 4 members (excludes halogenated alkanes) is 2. The molecule has 3 N–H and O–H groups in total. The van der Waals surface area contributed by atoms with Gasteiger partial charge in [0.25, 0.3) is 0 Å². The van der Waals surface area contributed by atoms with Crippen LogP contribution in [0.4, 0.5) is 0 Å². The first-order valence-corrected chi connectivity index (χ1v) is 5.59. The van der Waals surface area contributed by atoms with E-state index in [-0.39, 0.29) is 18.3 Å². The zero-order valence-electron chi connectivity index (χ0n) is 9.94. The van der Waals surface area contributed by atoms with Gasteiger partial charge in [-0.25, -0.2) is 0 Å². The van der Waals surface area contributed by atoms with Crippen LogP contribution in [0.2, 0.25) is 0 Å². The Bertz CT molecular complexity index is 228. The minimum Gasteiger partial charge on any atom is -0.481 e. The van der Waals surface area contributed by atoms with E-state index in [4.69, 9.17) is 15.6 Å². The normalized spacial score (nSPS) is 12.5. The first kappa shape index (κ1) is 14.9. The molecule has 0 radical (unpaired) electrons. The van der Waals surface area contributed by atoms with Gasteiger partial charge in [0.1, 0.15) is 6.04 Å². The van der Waals surface area contributed by atoms with Crippen molar-refractivity contribution < 1.29 is 19.4 Å². The van der Waals surface area contributed by atoms with E-state index in [0.717, 1.165) is 6.42 Å². The molecule has 0 aliphatic rings. The fraction of sp³-hybridized carbons (Fsp3) is 0.818. The van der Waals surface area contributed by atoms with Crippen LogP contribution in [0.5, 0.6) is 0 Å². The molecule has 0 aliphatic heterocycles. The predicted octanol–water partition coefficient (Wildman–Crippen LogP) is 1.16. The summed E-state index contributed by atoms with van der Waals surface area (Å²) in [7, 11) is 0. The number of hydrogen-bond acceptors (Lipinski definition) is 4. The number of carboxylic acid groups (broad SMARTS) is 1. The second-order valence-electron chi connectivity index (χ2n) is 4.14. The lowest BCUT2D eigenvalue weighted by Gasteiger charge is -2.14. The van der Waals surface area contributed by atoms with Crippen molar-refractivity contribution in [3.8, 4) is 0 Å². The van der Waals surface area contributed by atoms with E-state index in [1.54, 1.807) is 0 Å². The maximum Gasteiger partial charge on any atom is 0.323 e. The molecule has 16 heavy (non-hydrogen) atoms. The molecule has 94 valence electrons. The number of ether oxygens (including phenoxy) is 1. The van der Waals surface area contributed by atoms with E-state index >= 15 is 0 Å². The highest BCUT2D eigenvalue weighted by Gasteiger charge is 2.18. The van der Waals surface area contributed by atoms with Crippen molar-refractivity contribution in [2.75, 3.05) is 6.61 Å². The van der Waals surface area contributed by atoms with E-state index in [1.165, 1.54) is 0 Å². The second kappa shape index (κ2) is 8.10. The number of nitrogens with two attached hydrogens (primary N) is 1. The van der Waals surface area contributed by atoms with Crippen LogP contribution in [0, 0.1) is 5.92 Å². The van der Waals surface area contributed by atoms with Crippen molar-refractivity contribution in [3.05, 3.63) is 0 Å². The minimum absolute atomic E-state index is 0.0690. The zero-order chi connectivity index (χ0) is 12.6. The number of carbonyl (C=O) groups is 2. The van der Waals surface area contributed by atoms with Crippen molar-refractivity contribution in [2.24, 2.45) is 11.7 Å². The monoisotopic (exact) mass is 231 g/mol. The van der Waals surface area contributed by atoms with Crippen LogP contribution in [0.3, 0.4) is 0 Å². The van der Waals surface area contributed by atoms with Crippen molar-refractivity contribution in [1.29, 1.82) is 0 Å². The third-order valence-corrected chi connectivity index (χ3v) is 2.27. The number of rotatable bonds is 8. The van der Waals surface area contributed by atoms with Gasteiger partial charge >= 0.3 is 11.9 Å². The fourth-order valence-electron chi connectivity index (χ4n) is 1.10. The lowest BCUT2D eigenvalue weighted by Crippen LogP contribution is -2.37. The highest BCUT2D eigenvalue weighted by Crippen LogP contribution is 2.03. The Balaban J connectivity index is 3.45. The van der Waals surface area contributed by atoms with Crippen LogP contribution < -0.4 is 5.73 Å². The van der Waals surface area contributed by atoms with Gasteiger partial charge in [-0.2, -0.15) is 0 Å². The molecule has 0 spiro atoms. The average molecular weight is 231 g/mol. The molecule has 0 unspecified atom stereocenters. The summed E-state index contributed by atoms with van der Waals surface area (Å²) >= 11 is 0. The van der Waals surface area contributed by atoms with Crippen LogP contribution in [0.15, 0.2) is 0 Å². The first-order valence-electron chi connectivity index (χ1n) is 5.59. The summed E-state index contributed by atoms with van der Waals surface area (Å²) in [4.78, 5) is 21.5. The van der Waals surface area contributed by atoms with Gasteiger partial charge in [-0.1, -0.05) is 13.8 Å². The zero-order valence-corrected chi connectivity index (χ0v) is 9.94. The largest absolute Gasteiger partial charge is 0.481 e. The summed E-state index contributed by atoms with van der Waals surface area (Å²) in [5.41, 5.74) is 5.59. The number of esters is 1. The molecule has 0 aromatic rings. The number of carboxylic acids is 1. The molecule has 0 aromatic carbocycles. The molecular weight excluding hydrogens is 210 g/mol. The molecule has 0 rings (SSSR count). The van der Waals surface area contributed by atoms with E-state index < -0.39 is 12.0 Å². The van der Waals surface area contributed by atoms with E-state index in [1.807, 2.05) is 13.8 Å². The van der Waals surface area contributed by atoms with Gasteiger partial charge < -0.3 is 15.6 Å². The lowest BCUT2D eigenvalue weighted by atomic mass is 10.1. The number of hydrogen-bond donors (Lipinski definition) is 2. The van der Waals surface area contributed by atoms with Gasteiger partial charge in [0, 0.05) is 6.42 Å². The minimum atomic E-state index is -0.793. The third-order valence-electron chi connectivity index (χ3n) is 2.27. The topological polar surface area (TPSA) is 89.6 Å². The van der Waals surface area contributed by atoms with Crippen LogP contribution in [0.25, 0.3) is 0 Å². The van der Waals surface area contributed by atoms with E-state index in [2.05, 4.69) is 0 Å². The quantitative estimate of drug-likeness (QED) is 0.483. The van der Waals surface area contributed by atoms with E-state index in [9.17, 15) is 9.59 Å². The second-order valence-corrected chi connectivity index (χ2v) is 4.14. The Kier molecular flexibility index (Phi) is 7.54. The van der Waals surface area contributed by atoms with E-state index in [0.29, 0.717) is 19.4 Å². The molecule has 0 amide bonds. The smallest absolute Gasteiger partial charge is 0.323 e. The van der Waals surface area contributed by atoms with Gasteiger partial charge in [0.2, 0.25) is 0 Å². The lowest BCUT2D eigenvalue weighted by molar-refractivity contribution is -0.146. The Morgan fingerprint density at radius 3 is 2.38 bits per heavy atom. The van der Waals surface area contributed by atoms with Crippen LogP contribution in [0.1, 0.15) is 39.5 Å². The molecular formula is C11H21NO4. The fourth-order valence-corrected chi connectivity index (χ4v) is 1.10. The Morgan fingerprint density at radius 1 is 1.25 bits per heavy atom. The SMILES string of the molecule is CC(C)[C@@H](N)C(=O)OCCCCCC(=O)O. The summed E-state index contributed by atoms with van der Waals surface area (Å²) in [5, 5.41) is 8.39.